The van der Waals surface area contributed by atoms with E-state index in [1.807, 2.05) is 0 Å². The van der Waals surface area contributed by atoms with Gasteiger partial charge in [0.1, 0.15) is 0 Å². The maximum atomic E-state index is 11.5. The minimum atomic E-state index is -1.40. The molecule has 1 heterocycles. The molecule has 0 aromatic rings. The number of methoxy groups -OCH3 is 1. The lowest BCUT2D eigenvalue weighted by atomic mass is 10.0. The molecule has 1 saturated heterocycles. The molecule has 100 valence electrons. The summed E-state index contributed by atoms with van der Waals surface area (Å²) in [5, 5.41) is 10.1. The third-order valence-electron chi connectivity index (χ3n) is 3.61. The highest BCUT2D eigenvalue weighted by Crippen LogP contribution is 2.21. The fraction of sp³-hybridized carbons (Fsp3) is 0.923. The lowest BCUT2D eigenvalue weighted by Gasteiger charge is -2.34. The summed E-state index contributed by atoms with van der Waals surface area (Å²) in [5.41, 5.74) is -1.40. The van der Waals surface area contributed by atoms with Crippen LogP contribution in [0.25, 0.3) is 0 Å². The number of hydrogen-bond donors (Lipinski definition) is 1. The molecule has 0 aromatic heterocycles. The Bertz CT molecular complexity index is 253. The molecule has 2 unspecified atom stereocenters. The number of rotatable bonds is 4. The van der Waals surface area contributed by atoms with E-state index in [0.717, 1.165) is 25.8 Å². The van der Waals surface area contributed by atoms with E-state index < -0.39 is 11.6 Å². The van der Waals surface area contributed by atoms with E-state index >= 15 is 0 Å². The van der Waals surface area contributed by atoms with Crippen LogP contribution in [0.5, 0.6) is 0 Å². The van der Waals surface area contributed by atoms with Crippen molar-refractivity contribution in [1.29, 1.82) is 0 Å². The van der Waals surface area contributed by atoms with Crippen molar-refractivity contribution < 1.29 is 14.6 Å². The van der Waals surface area contributed by atoms with Crippen molar-refractivity contribution in [2.45, 2.75) is 57.6 Å². The highest BCUT2D eigenvalue weighted by atomic mass is 16.5. The van der Waals surface area contributed by atoms with Gasteiger partial charge in [0.2, 0.25) is 0 Å². The van der Waals surface area contributed by atoms with Gasteiger partial charge in [0.05, 0.1) is 7.11 Å². The minimum Gasteiger partial charge on any atom is -0.467 e. The van der Waals surface area contributed by atoms with Gasteiger partial charge < -0.3 is 9.84 Å². The Morgan fingerprint density at radius 2 is 2.18 bits per heavy atom. The molecule has 4 heteroatoms. The van der Waals surface area contributed by atoms with Gasteiger partial charge in [0.25, 0.3) is 0 Å². The lowest BCUT2D eigenvalue weighted by molar-refractivity contribution is -0.162. The Kier molecular flexibility index (Phi) is 5.40. The zero-order chi connectivity index (χ0) is 12.9. The number of likely N-dealkylation sites (tertiary alicyclic amines) is 1. The van der Waals surface area contributed by atoms with E-state index in [1.54, 1.807) is 0 Å². The Morgan fingerprint density at radius 1 is 1.47 bits per heavy atom. The quantitative estimate of drug-likeness (QED) is 0.761. The number of ether oxygens (including phenoxy) is 1. The molecule has 1 N–H and O–H groups in total. The van der Waals surface area contributed by atoms with Gasteiger partial charge in [0.15, 0.2) is 5.60 Å². The minimum absolute atomic E-state index is 0.373. The molecule has 0 saturated carbocycles. The largest absolute Gasteiger partial charge is 0.467 e. The van der Waals surface area contributed by atoms with E-state index in [2.05, 4.69) is 16.6 Å². The van der Waals surface area contributed by atoms with Crippen LogP contribution in [0.4, 0.5) is 0 Å². The van der Waals surface area contributed by atoms with Gasteiger partial charge in [0, 0.05) is 12.6 Å². The van der Waals surface area contributed by atoms with Gasteiger partial charge >= 0.3 is 5.97 Å². The summed E-state index contributed by atoms with van der Waals surface area (Å²) in [6.45, 7) is 5.04. The highest BCUT2D eigenvalue weighted by molar-refractivity contribution is 5.78. The summed E-state index contributed by atoms with van der Waals surface area (Å²) in [5.74, 6) is -0.545. The van der Waals surface area contributed by atoms with Crippen molar-refractivity contribution in [1.82, 2.24) is 4.90 Å². The molecule has 17 heavy (non-hydrogen) atoms. The molecule has 0 amide bonds. The zero-order valence-corrected chi connectivity index (χ0v) is 11.2. The number of β-amino-alcohol motifs (C(OH)–C–C–N with tert-alkyl or cyclic N) is 1. The first-order chi connectivity index (χ1) is 8.01. The third-order valence-corrected chi connectivity index (χ3v) is 3.61. The van der Waals surface area contributed by atoms with Crippen LogP contribution in [-0.2, 0) is 9.53 Å². The maximum absolute atomic E-state index is 11.5. The monoisotopic (exact) mass is 243 g/mol. The SMILES string of the molecule is CCC1CCCCCN1CC(C)(O)C(=O)OC. The molecule has 1 rings (SSSR count). The number of esters is 1. The lowest BCUT2D eigenvalue weighted by Crippen LogP contribution is -2.50. The molecular formula is C13H25NO3. The van der Waals surface area contributed by atoms with Crippen LogP contribution >= 0.6 is 0 Å². The Labute approximate surface area is 104 Å². The van der Waals surface area contributed by atoms with Crippen LogP contribution in [0.15, 0.2) is 0 Å². The molecule has 0 spiro atoms. The fourth-order valence-electron chi connectivity index (χ4n) is 2.59. The highest BCUT2D eigenvalue weighted by Gasteiger charge is 2.35. The molecule has 1 fully saturated rings. The standard InChI is InChI=1S/C13H25NO3/c1-4-11-8-6-5-7-9-14(11)10-13(2,16)12(15)17-3/h11,16H,4-10H2,1-3H3. The molecule has 0 aromatic carbocycles. The number of aliphatic hydroxyl groups is 1. The topological polar surface area (TPSA) is 49.8 Å². The summed E-state index contributed by atoms with van der Waals surface area (Å²) in [6, 6.07) is 0.480. The molecule has 1 aliphatic heterocycles. The average molecular weight is 243 g/mol. The average Bonchev–Trinajstić information content (AvgIpc) is 2.52. The number of carbonyl (C=O) groups excluding carboxylic acids is 1. The van der Waals surface area contributed by atoms with Gasteiger partial charge in [-0.25, -0.2) is 4.79 Å². The van der Waals surface area contributed by atoms with E-state index in [-0.39, 0.29) is 0 Å². The number of carbonyl (C=O) groups is 1. The molecule has 2 atom stereocenters. The van der Waals surface area contributed by atoms with Crippen LogP contribution in [0.3, 0.4) is 0 Å². The van der Waals surface area contributed by atoms with Crippen LogP contribution in [0.2, 0.25) is 0 Å². The predicted octanol–water partition coefficient (Wildman–Crippen LogP) is 1.56. The molecule has 4 nitrogen and oxygen atoms in total. The van der Waals surface area contributed by atoms with Gasteiger partial charge in [-0.15, -0.1) is 0 Å². The first kappa shape index (κ1) is 14.5. The summed E-state index contributed by atoms with van der Waals surface area (Å²) in [6.07, 6.45) is 5.86. The molecular weight excluding hydrogens is 218 g/mol. The molecule has 1 aliphatic rings. The van der Waals surface area contributed by atoms with Gasteiger partial charge in [-0.2, -0.15) is 0 Å². The zero-order valence-electron chi connectivity index (χ0n) is 11.2. The van der Waals surface area contributed by atoms with E-state index in [4.69, 9.17) is 0 Å². The number of hydrogen-bond acceptors (Lipinski definition) is 4. The predicted molar refractivity (Wildman–Crippen MR) is 66.8 cm³/mol. The Balaban J connectivity index is 2.65. The Morgan fingerprint density at radius 3 is 2.76 bits per heavy atom. The van der Waals surface area contributed by atoms with Crippen molar-refractivity contribution in [3.05, 3.63) is 0 Å². The van der Waals surface area contributed by atoms with Crippen molar-refractivity contribution in [2.24, 2.45) is 0 Å². The maximum Gasteiger partial charge on any atom is 0.338 e. The van der Waals surface area contributed by atoms with Crippen LogP contribution in [0, 0.1) is 0 Å². The molecule has 0 aliphatic carbocycles. The Hall–Kier alpha value is -0.610. The molecule has 0 bridgehead atoms. The van der Waals surface area contributed by atoms with Crippen LogP contribution < -0.4 is 0 Å². The van der Waals surface area contributed by atoms with Crippen molar-refractivity contribution in [2.75, 3.05) is 20.2 Å². The van der Waals surface area contributed by atoms with Crippen molar-refractivity contribution in [3.63, 3.8) is 0 Å². The van der Waals surface area contributed by atoms with E-state index in [1.165, 1.54) is 26.9 Å². The number of nitrogens with zero attached hydrogens (tertiary/aromatic N) is 1. The summed E-state index contributed by atoms with van der Waals surface area (Å²) in [4.78, 5) is 13.7. The second-order valence-electron chi connectivity index (χ2n) is 5.15. The van der Waals surface area contributed by atoms with Crippen LogP contribution in [0.1, 0.15) is 46.0 Å². The smallest absolute Gasteiger partial charge is 0.338 e. The van der Waals surface area contributed by atoms with Gasteiger partial charge in [-0.3, -0.25) is 4.90 Å². The van der Waals surface area contributed by atoms with Crippen molar-refractivity contribution >= 4 is 5.97 Å². The first-order valence-electron chi connectivity index (χ1n) is 6.56. The summed E-state index contributed by atoms with van der Waals surface area (Å²) in [7, 11) is 1.32. The second-order valence-corrected chi connectivity index (χ2v) is 5.15. The first-order valence-corrected chi connectivity index (χ1v) is 6.56. The van der Waals surface area contributed by atoms with E-state index in [9.17, 15) is 9.90 Å². The van der Waals surface area contributed by atoms with Gasteiger partial charge in [-0.05, 0) is 32.7 Å². The summed E-state index contributed by atoms with van der Waals surface area (Å²) >= 11 is 0. The van der Waals surface area contributed by atoms with E-state index in [0.29, 0.717) is 12.6 Å². The van der Waals surface area contributed by atoms with Crippen LogP contribution in [-0.4, -0.2) is 47.8 Å². The second kappa shape index (κ2) is 6.36. The van der Waals surface area contributed by atoms with Crippen molar-refractivity contribution in [3.8, 4) is 0 Å². The summed E-state index contributed by atoms with van der Waals surface area (Å²) < 4.78 is 4.64. The normalized spacial score (nSPS) is 26.0. The fourth-order valence-corrected chi connectivity index (χ4v) is 2.59. The molecule has 0 radical (unpaired) electrons. The van der Waals surface area contributed by atoms with Gasteiger partial charge in [-0.1, -0.05) is 19.8 Å². The third kappa shape index (κ3) is 3.96.